The number of hydrogen-bond acceptors (Lipinski definition) is 3. The molecule has 4 rings (SSSR count). The molecule has 2 heterocycles. The van der Waals surface area contributed by atoms with E-state index >= 15 is 0 Å². The van der Waals surface area contributed by atoms with Crippen LogP contribution in [0.5, 0.6) is 11.5 Å². The van der Waals surface area contributed by atoms with Crippen molar-refractivity contribution in [2.45, 2.75) is 45.1 Å². The van der Waals surface area contributed by atoms with Crippen LogP contribution in [0.3, 0.4) is 0 Å². The van der Waals surface area contributed by atoms with Crippen LogP contribution in [0, 0.1) is 6.92 Å². The smallest absolute Gasteiger partial charge is 0.224 e. The molecule has 1 aromatic heterocycles. The standard InChI is InChI=1S/C25H28N2O3/c1-18-10-12-20(13-11-18)27-25(28)9-5-2-6-19-14-15-21(26-19)16-22-17-29-23-7-3-4-8-24(23)30-22/h3-4,7-8,10-15,22,26H,2,5-6,9,16-17H2,1H3,(H,27,28). The highest BCUT2D eigenvalue weighted by Crippen LogP contribution is 2.31. The fourth-order valence-electron chi connectivity index (χ4n) is 3.63. The molecule has 1 aliphatic heterocycles. The molecule has 30 heavy (non-hydrogen) atoms. The Balaban J connectivity index is 1.17. The van der Waals surface area contributed by atoms with E-state index in [1.165, 1.54) is 11.3 Å². The second-order valence-electron chi connectivity index (χ2n) is 7.83. The molecule has 1 amide bonds. The highest BCUT2D eigenvalue weighted by molar-refractivity contribution is 5.90. The largest absolute Gasteiger partial charge is 0.486 e. The molecule has 0 aliphatic carbocycles. The van der Waals surface area contributed by atoms with Gasteiger partial charge < -0.3 is 19.8 Å². The van der Waals surface area contributed by atoms with Gasteiger partial charge in [-0.2, -0.15) is 0 Å². The number of nitrogens with one attached hydrogen (secondary N) is 2. The van der Waals surface area contributed by atoms with Crippen LogP contribution in [0.2, 0.25) is 0 Å². The second kappa shape index (κ2) is 9.53. The Morgan fingerprint density at radius 2 is 1.77 bits per heavy atom. The molecule has 2 N–H and O–H groups in total. The van der Waals surface area contributed by atoms with Crippen molar-refractivity contribution in [1.29, 1.82) is 0 Å². The fraction of sp³-hybridized carbons (Fsp3) is 0.320. The molecule has 1 aliphatic rings. The van der Waals surface area contributed by atoms with E-state index in [4.69, 9.17) is 9.47 Å². The third kappa shape index (κ3) is 5.44. The topological polar surface area (TPSA) is 63.4 Å². The Kier molecular flexibility index (Phi) is 6.38. The van der Waals surface area contributed by atoms with Crippen molar-refractivity contribution in [3.63, 3.8) is 0 Å². The molecule has 1 atom stereocenters. The summed E-state index contributed by atoms with van der Waals surface area (Å²) in [7, 11) is 0. The van der Waals surface area contributed by atoms with E-state index in [2.05, 4.69) is 22.4 Å². The van der Waals surface area contributed by atoms with Crippen molar-refractivity contribution in [3.05, 3.63) is 77.6 Å². The highest BCUT2D eigenvalue weighted by atomic mass is 16.6. The van der Waals surface area contributed by atoms with Crippen LogP contribution in [0.25, 0.3) is 0 Å². The summed E-state index contributed by atoms with van der Waals surface area (Å²) in [5.74, 6) is 1.69. The monoisotopic (exact) mass is 404 g/mol. The normalized spacial score (nSPS) is 15.0. The summed E-state index contributed by atoms with van der Waals surface area (Å²) in [5.41, 5.74) is 4.39. The van der Waals surface area contributed by atoms with E-state index < -0.39 is 0 Å². The third-order valence-electron chi connectivity index (χ3n) is 5.26. The number of hydrogen-bond donors (Lipinski definition) is 2. The van der Waals surface area contributed by atoms with E-state index in [9.17, 15) is 4.79 Å². The number of carbonyl (C=O) groups excluding carboxylic acids is 1. The highest BCUT2D eigenvalue weighted by Gasteiger charge is 2.21. The van der Waals surface area contributed by atoms with Gasteiger partial charge in [0.25, 0.3) is 0 Å². The van der Waals surface area contributed by atoms with Crippen LogP contribution in [-0.2, 0) is 17.6 Å². The van der Waals surface area contributed by atoms with Gasteiger partial charge >= 0.3 is 0 Å². The second-order valence-corrected chi connectivity index (χ2v) is 7.83. The molecule has 156 valence electrons. The Bertz CT molecular complexity index is 978. The SMILES string of the molecule is Cc1ccc(NC(=O)CCCCc2ccc(CC3COc4ccccc4O3)[nH]2)cc1. The van der Waals surface area contributed by atoms with Crippen molar-refractivity contribution in [2.75, 3.05) is 11.9 Å². The zero-order chi connectivity index (χ0) is 20.8. The first-order valence-electron chi connectivity index (χ1n) is 10.6. The van der Waals surface area contributed by atoms with Crippen LogP contribution in [-0.4, -0.2) is 23.6 Å². The molecule has 2 aromatic carbocycles. The summed E-state index contributed by atoms with van der Waals surface area (Å²) >= 11 is 0. The molecular formula is C25H28N2O3. The van der Waals surface area contributed by atoms with Crippen molar-refractivity contribution >= 4 is 11.6 Å². The fourth-order valence-corrected chi connectivity index (χ4v) is 3.63. The lowest BCUT2D eigenvalue weighted by Gasteiger charge is -2.26. The Morgan fingerprint density at radius 3 is 2.60 bits per heavy atom. The number of unbranched alkanes of at least 4 members (excludes halogenated alkanes) is 1. The number of rotatable bonds is 8. The summed E-state index contributed by atoms with van der Waals surface area (Å²) in [4.78, 5) is 15.6. The number of aryl methyl sites for hydroxylation is 2. The third-order valence-corrected chi connectivity index (χ3v) is 5.26. The lowest BCUT2D eigenvalue weighted by molar-refractivity contribution is -0.116. The van der Waals surface area contributed by atoms with Crippen LogP contribution in [0.4, 0.5) is 5.69 Å². The van der Waals surface area contributed by atoms with Crippen molar-refractivity contribution in [1.82, 2.24) is 4.98 Å². The predicted octanol–water partition coefficient (Wildman–Crippen LogP) is 5.06. The number of benzene rings is 2. The number of amides is 1. The minimum atomic E-state index is 0.0110. The van der Waals surface area contributed by atoms with Crippen molar-refractivity contribution < 1.29 is 14.3 Å². The first-order valence-corrected chi connectivity index (χ1v) is 10.6. The molecule has 0 radical (unpaired) electrons. The number of carbonyl (C=O) groups is 1. The van der Waals surface area contributed by atoms with Crippen molar-refractivity contribution in [2.24, 2.45) is 0 Å². The Hall–Kier alpha value is -3.21. The minimum absolute atomic E-state index is 0.0110. The number of para-hydroxylation sites is 2. The molecular weight excluding hydrogens is 376 g/mol. The van der Waals surface area contributed by atoms with Gasteiger partial charge in [-0.25, -0.2) is 0 Å². The maximum atomic E-state index is 12.1. The van der Waals surface area contributed by atoms with Gasteiger partial charge in [0.2, 0.25) is 5.91 Å². The number of aromatic amines is 1. The molecule has 1 unspecified atom stereocenters. The molecule has 0 saturated carbocycles. The lowest BCUT2D eigenvalue weighted by Crippen LogP contribution is -2.31. The first-order chi connectivity index (χ1) is 14.7. The zero-order valence-electron chi connectivity index (χ0n) is 17.3. The number of ether oxygens (including phenoxy) is 2. The van der Waals surface area contributed by atoms with Gasteiger partial charge in [-0.1, -0.05) is 29.8 Å². The molecule has 5 heteroatoms. The summed E-state index contributed by atoms with van der Waals surface area (Å²) < 4.78 is 11.8. The Labute approximate surface area is 177 Å². The number of aromatic nitrogens is 1. The minimum Gasteiger partial charge on any atom is -0.486 e. The van der Waals surface area contributed by atoms with Gasteiger partial charge in [0, 0.05) is 29.9 Å². The average Bonchev–Trinajstić information content (AvgIpc) is 3.20. The number of H-pyrrole nitrogens is 1. The maximum absolute atomic E-state index is 12.1. The molecule has 0 saturated heterocycles. The maximum Gasteiger partial charge on any atom is 0.224 e. The average molecular weight is 405 g/mol. The summed E-state index contributed by atoms with van der Waals surface area (Å²) in [6.07, 6.45) is 4.10. The van der Waals surface area contributed by atoms with E-state index in [1.807, 2.05) is 55.5 Å². The quantitative estimate of drug-likeness (QED) is 0.516. The van der Waals surface area contributed by atoms with E-state index in [1.54, 1.807) is 0 Å². The predicted molar refractivity (Wildman–Crippen MR) is 118 cm³/mol. The van der Waals surface area contributed by atoms with Gasteiger partial charge in [-0.3, -0.25) is 4.79 Å². The van der Waals surface area contributed by atoms with Gasteiger partial charge in [0.1, 0.15) is 12.7 Å². The molecule has 0 bridgehead atoms. The van der Waals surface area contributed by atoms with Gasteiger partial charge in [0.05, 0.1) is 0 Å². The van der Waals surface area contributed by atoms with Gasteiger partial charge in [-0.05, 0) is 62.6 Å². The number of fused-ring (bicyclic) bond motifs is 1. The lowest BCUT2D eigenvalue weighted by atomic mass is 10.1. The zero-order valence-corrected chi connectivity index (χ0v) is 17.3. The van der Waals surface area contributed by atoms with Gasteiger partial charge in [-0.15, -0.1) is 0 Å². The molecule has 0 fully saturated rings. The van der Waals surface area contributed by atoms with Crippen LogP contribution in [0.15, 0.2) is 60.7 Å². The van der Waals surface area contributed by atoms with E-state index in [0.717, 1.165) is 48.6 Å². The van der Waals surface area contributed by atoms with Crippen LogP contribution < -0.4 is 14.8 Å². The summed E-state index contributed by atoms with van der Waals surface area (Å²) in [6.45, 7) is 2.59. The van der Waals surface area contributed by atoms with E-state index in [-0.39, 0.29) is 12.0 Å². The van der Waals surface area contributed by atoms with Crippen LogP contribution >= 0.6 is 0 Å². The Morgan fingerprint density at radius 1 is 1.00 bits per heavy atom. The van der Waals surface area contributed by atoms with Crippen molar-refractivity contribution in [3.8, 4) is 11.5 Å². The molecule has 0 spiro atoms. The van der Waals surface area contributed by atoms with Gasteiger partial charge in [0.15, 0.2) is 11.5 Å². The summed E-state index contributed by atoms with van der Waals surface area (Å²) in [5, 5.41) is 2.95. The number of anilines is 1. The first kappa shape index (κ1) is 20.1. The summed E-state index contributed by atoms with van der Waals surface area (Å²) in [6, 6.07) is 19.9. The van der Waals surface area contributed by atoms with Crippen LogP contribution in [0.1, 0.15) is 36.2 Å². The molecule has 5 nitrogen and oxygen atoms in total. The molecule has 3 aromatic rings. The van der Waals surface area contributed by atoms with E-state index in [0.29, 0.717) is 13.0 Å².